The second-order valence-electron chi connectivity index (χ2n) is 4.54. The maximum absolute atomic E-state index is 11.0. The number of rotatable bonds is 5. The smallest absolute Gasteiger partial charge is 0.273 e. The van der Waals surface area contributed by atoms with Crippen molar-refractivity contribution in [2.45, 2.75) is 19.5 Å². The van der Waals surface area contributed by atoms with Crippen molar-refractivity contribution >= 4 is 21.6 Å². The molecule has 104 valence electrons. The normalized spacial score (nSPS) is 12.1. The van der Waals surface area contributed by atoms with Crippen LogP contribution in [0.5, 0.6) is 0 Å². The second kappa shape index (κ2) is 6.63. The molecule has 20 heavy (non-hydrogen) atoms. The van der Waals surface area contributed by atoms with Crippen molar-refractivity contribution < 1.29 is 4.92 Å². The maximum atomic E-state index is 11.0. The predicted molar refractivity (Wildman–Crippen MR) is 82.5 cm³/mol. The van der Waals surface area contributed by atoms with Gasteiger partial charge in [0.15, 0.2) is 0 Å². The Morgan fingerprint density at radius 1 is 1.25 bits per heavy atom. The molecule has 2 aromatic carbocycles. The summed E-state index contributed by atoms with van der Waals surface area (Å²) in [4.78, 5) is 10.7. The first kappa shape index (κ1) is 14.7. The van der Waals surface area contributed by atoms with Gasteiger partial charge in [0.05, 0.1) is 4.92 Å². The van der Waals surface area contributed by atoms with Crippen LogP contribution in [0.3, 0.4) is 0 Å². The SMILES string of the molecule is CC(NCc1cc(Br)ccc1[N+](=O)[O-])c1ccccc1. The van der Waals surface area contributed by atoms with Gasteiger partial charge in [-0.3, -0.25) is 10.1 Å². The molecule has 1 N–H and O–H groups in total. The molecule has 2 rings (SSSR count). The van der Waals surface area contributed by atoms with Gasteiger partial charge in [-0.05, 0) is 24.6 Å². The van der Waals surface area contributed by atoms with E-state index in [0.717, 1.165) is 10.0 Å². The highest BCUT2D eigenvalue weighted by Crippen LogP contribution is 2.23. The van der Waals surface area contributed by atoms with E-state index < -0.39 is 0 Å². The summed E-state index contributed by atoms with van der Waals surface area (Å²) in [5.41, 5.74) is 1.97. The first-order valence-electron chi connectivity index (χ1n) is 6.29. The van der Waals surface area contributed by atoms with Gasteiger partial charge in [-0.2, -0.15) is 0 Å². The second-order valence-corrected chi connectivity index (χ2v) is 5.46. The van der Waals surface area contributed by atoms with Crippen LogP contribution in [-0.2, 0) is 6.54 Å². The van der Waals surface area contributed by atoms with Gasteiger partial charge < -0.3 is 5.32 Å². The molecule has 0 spiro atoms. The van der Waals surface area contributed by atoms with E-state index in [1.807, 2.05) is 37.3 Å². The number of nitrogens with zero attached hydrogens (tertiary/aromatic N) is 1. The third-order valence-corrected chi connectivity index (χ3v) is 3.63. The molecule has 0 aliphatic carbocycles. The summed E-state index contributed by atoms with van der Waals surface area (Å²) in [7, 11) is 0. The first-order valence-corrected chi connectivity index (χ1v) is 7.08. The molecule has 0 bridgehead atoms. The molecule has 1 unspecified atom stereocenters. The van der Waals surface area contributed by atoms with Crippen LogP contribution in [0.25, 0.3) is 0 Å². The lowest BCUT2D eigenvalue weighted by Crippen LogP contribution is -2.18. The molecule has 0 radical (unpaired) electrons. The fourth-order valence-electron chi connectivity index (χ4n) is 2.00. The molecule has 0 saturated heterocycles. The number of nitrogens with one attached hydrogen (secondary N) is 1. The zero-order valence-corrected chi connectivity index (χ0v) is 12.6. The van der Waals surface area contributed by atoms with E-state index in [-0.39, 0.29) is 16.7 Å². The average Bonchev–Trinajstić information content (AvgIpc) is 2.45. The van der Waals surface area contributed by atoms with E-state index in [1.165, 1.54) is 6.07 Å². The molecule has 0 aromatic heterocycles. The highest BCUT2D eigenvalue weighted by molar-refractivity contribution is 9.10. The van der Waals surface area contributed by atoms with Crippen LogP contribution in [-0.4, -0.2) is 4.92 Å². The van der Waals surface area contributed by atoms with Gasteiger partial charge in [-0.25, -0.2) is 0 Å². The Kier molecular flexibility index (Phi) is 4.87. The summed E-state index contributed by atoms with van der Waals surface area (Å²) in [6.45, 7) is 2.49. The zero-order chi connectivity index (χ0) is 14.5. The Labute approximate surface area is 126 Å². The Bertz CT molecular complexity index is 602. The van der Waals surface area contributed by atoms with Crippen molar-refractivity contribution in [1.29, 1.82) is 0 Å². The van der Waals surface area contributed by atoms with Gasteiger partial charge in [0, 0.05) is 28.7 Å². The summed E-state index contributed by atoms with van der Waals surface area (Å²) < 4.78 is 0.840. The van der Waals surface area contributed by atoms with Crippen molar-refractivity contribution in [2.75, 3.05) is 0 Å². The zero-order valence-electron chi connectivity index (χ0n) is 11.0. The van der Waals surface area contributed by atoms with Crippen molar-refractivity contribution in [3.63, 3.8) is 0 Å². The van der Waals surface area contributed by atoms with E-state index in [4.69, 9.17) is 0 Å². The fourth-order valence-corrected chi connectivity index (χ4v) is 2.40. The minimum atomic E-state index is -0.351. The molecule has 0 saturated carbocycles. The molecule has 2 aromatic rings. The molecular formula is C15H15BrN2O2. The number of hydrogen-bond donors (Lipinski definition) is 1. The van der Waals surface area contributed by atoms with E-state index in [2.05, 4.69) is 21.2 Å². The van der Waals surface area contributed by atoms with Gasteiger partial charge in [0.1, 0.15) is 0 Å². The maximum Gasteiger partial charge on any atom is 0.273 e. The molecule has 0 heterocycles. The van der Waals surface area contributed by atoms with Crippen LogP contribution in [0.1, 0.15) is 24.1 Å². The van der Waals surface area contributed by atoms with Crippen LogP contribution >= 0.6 is 15.9 Å². The number of halogens is 1. The largest absolute Gasteiger partial charge is 0.306 e. The molecule has 4 nitrogen and oxygen atoms in total. The quantitative estimate of drug-likeness (QED) is 0.658. The third-order valence-electron chi connectivity index (χ3n) is 3.14. The van der Waals surface area contributed by atoms with Gasteiger partial charge in [0.2, 0.25) is 0 Å². The summed E-state index contributed by atoms with van der Waals surface area (Å²) in [6.07, 6.45) is 0. The molecule has 0 amide bonds. The van der Waals surface area contributed by atoms with Crippen LogP contribution in [0, 0.1) is 10.1 Å². The van der Waals surface area contributed by atoms with Crippen LogP contribution in [0.15, 0.2) is 53.0 Å². The van der Waals surface area contributed by atoms with Crippen molar-refractivity contribution in [2.24, 2.45) is 0 Å². The number of nitro benzene ring substituents is 1. The summed E-state index contributed by atoms with van der Waals surface area (Å²) in [5, 5.41) is 14.3. The highest BCUT2D eigenvalue weighted by Gasteiger charge is 2.14. The summed E-state index contributed by atoms with van der Waals surface area (Å²) >= 11 is 3.35. The topological polar surface area (TPSA) is 55.2 Å². The van der Waals surface area contributed by atoms with E-state index in [9.17, 15) is 10.1 Å². The van der Waals surface area contributed by atoms with Crippen LogP contribution in [0.4, 0.5) is 5.69 Å². The van der Waals surface area contributed by atoms with E-state index in [0.29, 0.717) is 12.1 Å². The van der Waals surface area contributed by atoms with Crippen molar-refractivity contribution in [3.05, 3.63) is 74.2 Å². The summed E-state index contributed by atoms with van der Waals surface area (Å²) in [6, 6.07) is 15.1. The molecule has 0 aliphatic rings. The number of benzene rings is 2. The Morgan fingerprint density at radius 3 is 2.60 bits per heavy atom. The fraction of sp³-hybridized carbons (Fsp3) is 0.200. The number of hydrogen-bond acceptors (Lipinski definition) is 3. The molecular weight excluding hydrogens is 320 g/mol. The standard InChI is InChI=1S/C15H15BrN2O2/c1-11(12-5-3-2-4-6-12)17-10-13-9-14(16)7-8-15(13)18(19)20/h2-9,11,17H,10H2,1H3. The van der Waals surface area contributed by atoms with Crippen LogP contribution in [0.2, 0.25) is 0 Å². The van der Waals surface area contributed by atoms with Crippen molar-refractivity contribution in [3.8, 4) is 0 Å². The van der Waals surface area contributed by atoms with E-state index >= 15 is 0 Å². The minimum absolute atomic E-state index is 0.134. The number of nitro groups is 1. The molecule has 1 atom stereocenters. The Hall–Kier alpha value is -1.72. The molecule has 0 fully saturated rings. The van der Waals surface area contributed by atoms with Crippen LogP contribution < -0.4 is 5.32 Å². The molecule has 5 heteroatoms. The van der Waals surface area contributed by atoms with Gasteiger partial charge in [-0.15, -0.1) is 0 Å². The third kappa shape index (κ3) is 3.65. The lowest BCUT2D eigenvalue weighted by Gasteiger charge is -2.14. The lowest BCUT2D eigenvalue weighted by molar-refractivity contribution is -0.385. The van der Waals surface area contributed by atoms with E-state index in [1.54, 1.807) is 12.1 Å². The predicted octanol–water partition coefficient (Wildman–Crippen LogP) is 4.21. The summed E-state index contributed by atoms with van der Waals surface area (Å²) in [5.74, 6) is 0. The van der Waals surface area contributed by atoms with Crippen molar-refractivity contribution in [1.82, 2.24) is 5.32 Å². The Balaban J connectivity index is 2.11. The monoisotopic (exact) mass is 334 g/mol. The first-order chi connectivity index (χ1) is 9.58. The van der Waals surface area contributed by atoms with Gasteiger partial charge in [-0.1, -0.05) is 46.3 Å². The Morgan fingerprint density at radius 2 is 1.95 bits per heavy atom. The van der Waals surface area contributed by atoms with Gasteiger partial charge in [0.25, 0.3) is 5.69 Å². The van der Waals surface area contributed by atoms with Gasteiger partial charge >= 0.3 is 0 Å². The molecule has 0 aliphatic heterocycles. The minimum Gasteiger partial charge on any atom is -0.306 e. The lowest BCUT2D eigenvalue weighted by atomic mass is 10.1. The average molecular weight is 335 g/mol. The highest BCUT2D eigenvalue weighted by atomic mass is 79.9.